The Balaban J connectivity index is 1.64. The maximum Gasteiger partial charge on any atom is 0.410 e. The molecule has 30 heavy (non-hydrogen) atoms. The summed E-state index contributed by atoms with van der Waals surface area (Å²) < 4.78 is 42.0. The normalized spacial score (nSPS) is 18.4. The molecule has 1 aliphatic rings. The third kappa shape index (κ3) is 4.11. The van der Waals surface area contributed by atoms with E-state index in [4.69, 9.17) is 23.2 Å². The highest BCUT2D eigenvalue weighted by Gasteiger charge is 2.46. The van der Waals surface area contributed by atoms with E-state index >= 15 is 0 Å². The Morgan fingerprint density at radius 2 is 1.87 bits per heavy atom. The van der Waals surface area contributed by atoms with Crippen LogP contribution in [0.25, 0.3) is 0 Å². The number of halogens is 5. The van der Waals surface area contributed by atoms with Crippen LogP contribution in [0.5, 0.6) is 0 Å². The highest BCUT2D eigenvalue weighted by atomic mass is 35.5. The number of benzene rings is 2. The summed E-state index contributed by atoms with van der Waals surface area (Å²) in [6, 6.07) is 12.2. The third-order valence-electron chi connectivity index (χ3n) is 4.80. The summed E-state index contributed by atoms with van der Waals surface area (Å²) in [4.78, 5) is 12.6. The second-order valence-corrected chi connectivity index (χ2v) is 7.68. The van der Waals surface area contributed by atoms with E-state index in [0.717, 1.165) is 10.2 Å². The van der Waals surface area contributed by atoms with Crippen molar-refractivity contribution in [1.82, 2.24) is 9.78 Å². The van der Waals surface area contributed by atoms with Gasteiger partial charge in [-0.1, -0.05) is 53.5 Å². The molecule has 2 heterocycles. The number of carbonyl (C=O) groups excluding carboxylic acids is 1. The smallest absolute Gasteiger partial charge is 0.363 e. The largest absolute Gasteiger partial charge is 0.410 e. The van der Waals surface area contributed by atoms with Crippen molar-refractivity contribution in [2.24, 2.45) is 0 Å². The SMILES string of the molecule is O=C(Nc1ccc(Cl)cc1Cl)c1cc2n(n1)[C@H](C(F)(F)F)C[C@@H](c1ccccc1)N2. The molecule has 0 unspecified atom stereocenters. The fourth-order valence-corrected chi connectivity index (χ4v) is 3.82. The van der Waals surface area contributed by atoms with Gasteiger partial charge in [-0.25, -0.2) is 4.68 Å². The van der Waals surface area contributed by atoms with E-state index in [9.17, 15) is 18.0 Å². The van der Waals surface area contributed by atoms with Crippen molar-refractivity contribution in [3.8, 4) is 0 Å². The highest BCUT2D eigenvalue weighted by Crippen LogP contribution is 2.43. The summed E-state index contributed by atoms with van der Waals surface area (Å²) in [7, 11) is 0. The van der Waals surface area contributed by atoms with Gasteiger partial charge in [0.05, 0.1) is 16.8 Å². The lowest BCUT2D eigenvalue weighted by Crippen LogP contribution is -2.35. The van der Waals surface area contributed by atoms with Gasteiger partial charge in [-0.3, -0.25) is 4.79 Å². The van der Waals surface area contributed by atoms with Crippen molar-refractivity contribution in [2.45, 2.75) is 24.7 Å². The van der Waals surface area contributed by atoms with Crippen LogP contribution in [0.4, 0.5) is 24.7 Å². The number of anilines is 2. The van der Waals surface area contributed by atoms with Crippen LogP contribution in [0, 0.1) is 0 Å². The van der Waals surface area contributed by atoms with Crippen molar-refractivity contribution in [3.05, 3.63) is 75.9 Å². The second kappa shape index (κ2) is 7.85. The monoisotopic (exact) mass is 454 g/mol. The van der Waals surface area contributed by atoms with Gasteiger partial charge in [-0.2, -0.15) is 18.3 Å². The van der Waals surface area contributed by atoms with Crippen molar-refractivity contribution in [3.63, 3.8) is 0 Å². The molecule has 3 aromatic rings. The Hall–Kier alpha value is -2.71. The predicted octanol–water partition coefficient (Wildman–Crippen LogP) is 6.10. The summed E-state index contributed by atoms with van der Waals surface area (Å²) in [5.74, 6) is -0.565. The number of alkyl halides is 3. The molecule has 1 aliphatic heterocycles. The zero-order valence-corrected chi connectivity index (χ0v) is 16.8. The van der Waals surface area contributed by atoms with E-state index in [1.807, 2.05) is 0 Å². The van der Waals surface area contributed by atoms with Crippen LogP contribution < -0.4 is 10.6 Å². The molecular weight excluding hydrogens is 440 g/mol. The molecule has 0 aliphatic carbocycles. The van der Waals surface area contributed by atoms with Crippen molar-refractivity contribution in [1.29, 1.82) is 0 Å². The summed E-state index contributed by atoms with van der Waals surface area (Å²) in [6.07, 6.45) is -4.77. The molecule has 156 valence electrons. The number of nitrogens with one attached hydrogen (secondary N) is 2. The van der Waals surface area contributed by atoms with Crippen LogP contribution in [0.2, 0.25) is 10.0 Å². The first-order valence-electron chi connectivity index (χ1n) is 8.96. The van der Waals surface area contributed by atoms with Gasteiger partial charge in [0.15, 0.2) is 11.7 Å². The Labute approximate surface area is 179 Å². The third-order valence-corrected chi connectivity index (χ3v) is 5.35. The molecule has 2 atom stereocenters. The topological polar surface area (TPSA) is 59.0 Å². The number of fused-ring (bicyclic) bond motifs is 1. The molecule has 2 N–H and O–H groups in total. The Bertz CT molecular complexity index is 1090. The number of rotatable bonds is 3. The van der Waals surface area contributed by atoms with Crippen LogP contribution in [0.3, 0.4) is 0 Å². The molecule has 0 bridgehead atoms. The van der Waals surface area contributed by atoms with Gasteiger partial charge in [-0.15, -0.1) is 0 Å². The number of aromatic nitrogens is 2. The van der Waals surface area contributed by atoms with Crippen LogP contribution in [0.15, 0.2) is 54.6 Å². The number of nitrogens with zero attached hydrogens (tertiary/aromatic N) is 2. The van der Waals surface area contributed by atoms with Crippen LogP contribution in [0.1, 0.15) is 34.6 Å². The van der Waals surface area contributed by atoms with E-state index in [1.165, 1.54) is 24.3 Å². The standard InChI is InChI=1S/C20H15Cl2F3N4O/c21-12-6-7-14(13(22)8-12)27-19(30)16-10-18-26-15(11-4-2-1-3-5-11)9-17(20(23,24)25)29(18)28-16/h1-8,10,15,17,26H,9H2,(H,27,30)/t15-,17-/m0/s1. The summed E-state index contributed by atoms with van der Waals surface area (Å²) in [5, 5.41) is 10.1. The minimum Gasteiger partial charge on any atom is -0.363 e. The first-order chi connectivity index (χ1) is 14.2. The van der Waals surface area contributed by atoms with Crippen LogP contribution in [-0.4, -0.2) is 21.9 Å². The van der Waals surface area contributed by atoms with Crippen molar-refractivity contribution < 1.29 is 18.0 Å². The molecule has 0 spiro atoms. The van der Waals surface area contributed by atoms with Crippen molar-refractivity contribution in [2.75, 3.05) is 10.6 Å². The minimum absolute atomic E-state index is 0.116. The molecule has 1 amide bonds. The summed E-state index contributed by atoms with van der Waals surface area (Å²) in [5.41, 5.74) is 0.837. The molecule has 4 rings (SSSR count). The second-order valence-electron chi connectivity index (χ2n) is 6.84. The lowest BCUT2D eigenvalue weighted by atomic mass is 9.97. The molecule has 0 fully saturated rings. The maximum atomic E-state index is 13.7. The fourth-order valence-electron chi connectivity index (χ4n) is 3.37. The molecule has 0 saturated carbocycles. The van der Waals surface area contributed by atoms with Gasteiger partial charge in [-0.05, 0) is 23.8 Å². The van der Waals surface area contributed by atoms with Gasteiger partial charge in [0.2, 0.25) is 0 Å². The average molecular weight is 455 g/mol. The zero-order chi connectivity index (χ0) is 21.5. The molecule has 0 saturated heterocycles. The lowest BCUT2D eigenvalue weighted by molar-refractivity contribution is -0.173. The van der Waals surface area contributed by atoms with Crippen LogP contribution in [-0.2, 0) is 0 Å². The highest BCUT2D eigenvalue weighted by molar-refractivity contribution is 6.36. The molecule has 0 radical (unpaired) electrons. The number of hydrogen-bond acceptors (Lipinski definition) is 3. The molecular formula is C20H15Cl2F3N4O. The zero-order valence-electron chi connectivity index (χ0n) is 15.3. The van der Waals surface area contributed by atoms with E-state index < -0.39 is 24.2 Å². The number of hydrogen-bond donors (Lipinski definition) is 2. The van der Waals surface area contributed by atoms with Gasteiger partial charge >= 0.3 is 6.18 Å². The molecule has 1 aromatic heterocycles. The van der Waals surface area contributed by atoms with E-state index in [1.54, 1.807) is 30.3 Å². The van der Waals surface area contributed by atoms with Gasteiger partial charge in [0, 0.05) is 17.5 Å². The lowest BCUT2D eigenvalue weighted by Gasteiger charge is -2.33. The van der Waals surface area contributed by atoms with Crippen molar-refractivity contribution >= 4 is 40.6 Å². The van der Waals surface area contributed by atoms with Gasteiger partial charge in [0.25, 0.3) is 5.91 Å². The van der Waals surface area contributed by atoms with E-state index in [2.05, 4.69) is 15.7 Å². The average Bonchev–Trinajstić information content (AvgIpc) is 3.13. The summed E-state index contributed by atoms with van der Waals surface area (Å²) in [6.45, 7) is 0. The number of amides is 1. The Morgan fingerprint density at radius 1 is 1.13 bits per heavy atom. The minimum atomic E-state index is -4.52. The molecule has 5 nitrogen and oxygen atoms in total. The maximum absolute atomic E-state index is 13.7. The van der Waals surface area contributed by atoms with E-state index in [-0.39, 0.29) is 28.6 Å². The van der Waals surface area contributed by atoms with Crippen LogP contribution >= 0.6 is 23.2 Å². The Kier molecular flexibility index (Phi) is 5.38. The molecule has 10 heteroatoms. The fraction of sp³-hybridized carbons (Fsp3) is 0.200. The first kappa shape index (κ1) is 20.6. The molecule has 2 aromatic carbocycles. The quantitative estimate of drug-likeness (QED) is 0.502. The van der Waals surface area contributed by atoms with Gasteiger partial charge in [0.1, 0.15) is 5.82 Å². The van der Waals surface area contributed by atoms with Gasteiger partial charge < -0.3 is 10.6 Å². The predicted molar refractivity (Wildman–Crippen MR) is 109 cm³/mol. The first-order valence-corrected chi connectivity index (χ1v) is 9.72. The Morgan fingerprint density at radius 3 is 2.53 bits per heavy atom. The summed E-state index contributed by atoms with van der Waals surface area (Å²) >= 11 is 11.9. The number of carbonyl (C=O) groups is 1. The van der Waals surface area contributed by atoms with E-state index in [0.29, 0.717) is 5.02 Å².